The van der Waals surface area contributed by atoms with E-state index in [1.807, 2.05) is 36.4 Å². The van der Waals surface area contributed by atoms with E-state index in [0.717, 1.165) is 29.0 Å². The van der Waals surface area contributed by atoms with Gasteiger partial charge in [-0.25, -0.2) is 18.4 Å². The summed E-state index contributed by atoms with van der Waals surface area (Å²) in [4.78, 5) is 28.2. The van der Waals surface area contributed by atoms with Crippen molar-refractivity contribution < 1.29 is 32.6 Å². The van der Waals surface area contributed by atoms with Gasteiger partial charge in [0.15, 0.2) is 11.6 Å². The van der Waals surface area contributed by atoms with Gasteiger partial charge in [-0.05, 0) is 47.5 Å². The molecule has 3 aromatic carbocycles. The number of nitrogens with one attached hydrogen (secondary N) is 1. The molecule has 0 radical (unpaired) electrons. The second kappa shape index (κ2) is 13.2. The van der Waals surface area contributed by atoms with Crippen LogP contribution in [0.4, 0.5) is 19.3 Å². The lowest BCUT2D eigenvalue weighted by molar-refractivity contribution is 0.00582. The predicted octanol–water partition coefficient (Wildman–Crippen LogP) is 4.87. The first-order chi connectivity index (χ1) is 18.9. The van der Waals surface area contributed by atoms with Crippen LogP contribution in [0.15, 0.2) is 66.7 Å². The molecule has 1 N–H and O–H groups in total. The maximum Gasteiger partial charge on any atom is 0.337 e. The summed E-state index contributed by atoms with van der Waals surface area (Å²) in [5.74, 6) is -1.65. The summed E-state index contributed by atoms with van der Waals surface area (Å²) in [5, 5.41) is 2.62. The Morgan fingerprint density at radius 3 is 2.33 bits per heavy atom. The number of hydrogen-bond acceptors (Lipinski definition) is 6. The van der Waals surface area contributed by atoms with Crippen LogP contribution in [0.5, 0.6) is 5.75 Å². The van der Waals surface area contributed by atoms with Crippen molar-refractivity contribution >= 4 is 17.7 Å². The number of piperazine rings is 1. The molecule has 1 aliphatic heterocycles. The standard InChI is InChI=1S/C29H31F2N3O5/c1-37-24-5-3-4-22(16-24)27(39-19-20-6-8-21(9-7-20)28(35)38-2)18-33-12-14-34(15-13-33)29(36)32-23-10-11-25(30)26(31)17-23/h3-11,16-17,27H,12-15,18-19H2,1-2H3,(H,32,36)/t27-/m0/s1. The highest BCUT2D eigenvalue weighted by Gasteiger charge is 2.25. The molecule has 1 atom stereocenters. The Morgan fingerprint density at radius 2 is 1.67 bits per heavy atom. The highest BCUT2D eigenvalue weighted by molar-refractivity contribution is 5.89. The smallest absolute Gasteiger partial charge is 0.337 e. The molecule has 206 valence electrons. The first-order valence-corrected chi connectivity index (χ1v) is 12.5. The van der Waals surface area contributed by atoms with E-state index in [4.69, 9.17) is 14.2 Å². The fraction of sp³-hybridized carbons (Fsp3) is 0.310. The zero-order valence-corrected chi connectivity index (χ0v) is 21.9. The van der Waals surface area contributed by atoms with Crippen molar-refractivity contribution in [1.29, 1.82) is 0 Å². The van der Waals surface area contributed by atoms with Crippen molar-refractivity contribution in [3.8, 4) is 5.75 Å². The largest absolute Gasteiger partial charge is 0.497 e. The molecule has 3 aromatic rings. The molecule has 0 unspecified atom stereocenters. The third-order valence-corrected chi connectivity index (χ3v) is 6.55. The lowest BCUT2D eigenvalue weighted by Crippen LogP contribution is -2.50. The van der Waals surface area contributed by atoms with E-state index in [1.54, 1.807) is 24.1 Å². The topological polar surface area (TPSA) is 80.3 Å². The van der Waals surface area contributed by atoms with Gasteiger partial charge in [0, 0.05) is 44.5 Å². The van der Waals surface area contributed by atoms with Crippen molar-refractivity contribution in [2.75, 3.05) is 52.3 Å². The number of esters is 1. The van der Waals surface area contributed by atoms with Gasteiger partial charge in [0.2, 0.25) is 0 Å². The number of anilines is 1. The van der Waals surface area contributed by atoms with Gasteiger partial charge in [-0.3, -0.25) is 4.90 Å². The fourth-order valence-corrected chi connectivity index (χ4v) is 4.29. The van der Waals surface area contributed by atoms with E-state index in [2.05, 4.69) is 10.2 Å². The van der Waals surface area contributed by atoms with E-state index in [1.165, 1.54) is 13.2 Å². The maximum absolute atomic E-state index is 13.5. The summed E-state index contributed by atoms with van der Waals surface area (Å²) in [5.41, 5.74) is 2.54. The molecule has 2 amide bonds. The first kappa shape index (κ1) is 28.0. The predicted molar refractivity (Wildman–Crippen MR) is 142 cm³/mol. The summed E-state index contributed by atoms with van der Waals surface area (Å²) in [6.07, 6.45) is -0.275. The zero-order valence-electron chi connectivity index (χ0n) is 21.9. The second-order valence-electron chi connectivity index (χ2n) is 9.11. The van der Waals surface area contributed by atoms with E-state index in [9.17, 15) is 18.4 Å². The van der Waals surface area contributed by atoms with Crippen LogP contribution in [0.25, 0.3) is 0 Å². The van der Waals surface area contributed by atoms with Crippen LogP contribution in [0.2, 0.25) is 0 Å². The number of carbonyl (C=O) groups excluding carboxylic acids is 2. The van der Waals surface area contributed by atoms with Crippen LogP contribution in [-0.4, -0.2) is 68.7 Å². The number of benzene rings is 3. The number of hydrogen-bond donors (Lipinski definition) is 1. The van der Waals surface area contributed by atoms with Crippen LogP contribution in [0.3, 0.4) is 0 Å². The molecule has 1 heterocycles. The number of halogens is 2. The molecule has 0 bridgehead atoms. The van der Waals surface area contributed by atoms with Gasteiger partial charge in [-0.2, -0.15) is 0 Å². The minimum Gasteiger partial charge on any atom is -0.497 e. The lowest BCUT2D eigenvalue weighted by Gasteiger charge is -2.36. The summed E-state index contributed by atoms with van der Waals surface area (Å²) >= 11 is 0. The average molecular weight is 540 g/mol. The van der Waals surface area contributed by atoms with Crippen LogP contribution < -0.4 is 10.1 Å². The highest BCUT2D eigenvalue weighted by Crippen LogP contribution is 2.25. The average Bonchev–Trinajstić information content (AvgIpc) is 2.97. The van der Waals surface area contributed by atoms with Gasteiger partial charge in [0.25, 0.3) is 0 Å². The minimum atomic E-state index is -1.01. The van der Waals surface area contributed by atoms with Gasteiger partial charge in [-0.15, -0.1) is 0 Å². The molecular weight excluding hydrogens is 508 g/mol. The Kier molecular flexibility index (Phi) is 9.45. The maximum atomic E-state index is 13.5. The molecule has 10 heteroatoms. The van der Waals surface area contributed by atoms with E-state index in [-0.39, 0.29) is 17.8 Å². The molecule has 1 saturated heterocycles. The number of urea groups is 1. The molecular formula is C29H31F2N3O5. The van der Waals surface area contributed by atoms with Crippen LogP contribution >= 0.6 is 0 Å². The van der Waals surface area contributed by atoms with E-state index >= 15 is 0 Å². The Labute approximate surface area is 226 Å². The number of ether oxygens (including phenoxy) is 3. The molecule has 0 aromatic heterocycles. The van der Waals surface area contributed by atoms with E-state index in [0.29, 0.717) is 44.9 Å². The molecule has 1 aliphatic rings. The summed E-state index contributed by atoms with van der Waals surface area (Å²) < 4.78 is 43.2. The summed E-state index contributed by atoms with van der Waals surface area (Å²) in [6, 6.07) is 17.7. The summed E-state index contributed by atoms with van der Waals surface area (Å²) in [7, 11) is 2.96. The van der Waals surface area contributed by atoms with Crippen molar-refractivity contribution in [3.05, 3.63) is 95.1 Å². The third kappa shape index (κ3) is 7.52. The lowest BCUT2D eigenvalue weighted by atomic mass is 10.1. The van der Waals surface area contributed by atoms with Gasteiger partial charge in [0.1, 0.15) is 5.75 Å². The molecule has 1 fully saturated rings. The number of amides is 2. The van der Waals surface area contributed by atoms with Crippen molar-refractivity contribution in [2.24, 2.45) is 0 Å². The zero-order chi connectivity index (χ0) is 27.8. The number of carbonyl (C=O) groups is 2. The van der Waals surface area contributed by atoms with Gasteiger partial charge in [-0.1, -0.05) is 24.3 Å². The number of nitrogens with zero attached hydrogens (tertiary/aromatic N) is 2. The normalized spacial score (nSPS) is 14.5. The van der Waals surface area contributed by atoms with Crippen LogP contribution in [0.1, 0.15) is 27.6 Å². The van der Waals surface area contributed by atoms with Gasteiger partial charge in [0.05, 0.1) is 32.5 Å². The Hall–Kier alpha value is -4.02. The number of rotatable bonds is 9. The summed E-state index contributed by atoms with van der Waals surface area (Å²) in [6.45, 7) is 3.09. The number of methoxy groups -OCH3 is 2. The Bertz CT molecular complexity index is 1280. The Morgan fingerprint density at radius 1 is 0.923 bits per heavy atom. The van der Waals surface area contributed by atoms with Crippen molar-refractivity contribution in [2.45, 2.75) is 12.7 Å². The SMILES string of the molecule is COC(=O)c1ccc(CO[C@@H](CN2CCN(C(=O)Nc3ccc(F)c(F)c3)CC2)c2cccc(OC)c2)cc1. The first-order valence-electron chi connectivity index (χ1n) is 12.5. The van der Waals surface area contributed by atoms with Gasteiger partial charge < -0.3 is 24.4 Å². The molecule has 0 aliphatic carbocycles. The minimum absolute atomic E-state index is 0.201. The van der Waals surface area contributed by atoms with Gasteiger partial charge >= 0.3 is 12.0 Å². The monoisotopic (exact) mass is 539 g/mol. The van der Waals surface area contributed by atoms with Crippen molar-refractivity contribution in [3.63, 3.8) is 0 Å². The van der Waals surface area contributed by atoms with E-state index < -0.39 is 17.6 Å². The van der Waals surface area contributed by atoms with Crippen molar-refractivity contribution in [1.82, 2.24) is 9.80 Å². The van der Waals surface area contributed by atoms with Crippen LogP contribution in [0, 0.1) is 11.6 Å². The molecule has 0 saturated carbocycles. The third-order valence-electron chi connectivity index (χ3n) is 6.55. The van der Waals surface area contributed by atoms with Crippen LogP contribution in [-0.2, 0) is 16.1 Å². The highest BCUT2D eigenvalue weighted by atomic mass is 19.2. The molecule has 0 spiro atoms. The second-order valence-corrected chi connectivity index (χ2v) is 9.11. The quantitative estimate of drug-likeness (QED) is 0.391. The molecule has 39 heavy (non-hydrogen) atoms. The molecule has 4 rings (SSSR count). The fourth-order valence-electron chi connectivity index (χ4n) is 4.29. The molecule has 8 nitrogen and oxygen atoms in total. The Balaban J connectivity index is 1.37.